The third-order valence-corrected chi connectivity index (χ3v) is 4.01. The molecule has 0 bridgehead atoms. The lowest BCUT2D eigenvalue weighted by atomic mass is 10.1. The molecule has 8 heteroatoms. The minimum atomic E-state index is -4.52. The summed E-state index contributed by atoms with van der Waals surface area (Å²) in [7, 11) is 0. The Morgan fingerprint density at radius 1 is 0.900 bits per heavy atom. The molecule has 0 spiro atoms. The summed E-state index contributed by atoms with van der Waals surface area (Å²) in [5.41, 5.74) is 0.235. The predicted molar refractivity (Wildman–Crippen MR) is 108 cm³/mol. The largest absolute Gasteiger partial charge is 0.416 e. The summed E-state index contributed by atoms with van der Waals surface area (Å²) in [6.45, 7) is 0. The number of hydrogen-bond acceptors (Lipinski definition) is 3. The van der Waals surface area contributed by atoms with E-state index >= 15 is 0 Å². The molecule has 2 amide bonds. The molecule has 2 N–H and O–H groups in total. The van der Waals surface area contributed by atoms with Crippen molar-refractivity contribution in [1.82, 2.24) is 4.98 Å². The van der Waals surface area contributed by atoms with Gasteiger partial charge in [0.2, 0.25) is 5.91 Å². The second kappa shape index (κ2) is 9.04. The highest BCUT2D eigenvalue weighted by atomic mass is 19.4. The van der Waals surface area contributed by atoms with Crippen molar-refractivity contribution in [2.45, 2.75) is 6.18 Å². The summed E-state index contributed by atoms with van der Waals surface area (Å²) in [6, 6.07) is 14.0. The van der Waals surface area contributed by atoms with Crippen molar-refractivity contribution in [2.75, 3.05) is 10.6 Å². The molecule has 152 valence electrons. The van der Waals surface area contributed by atoms with Crippen LogP contribution in [0.1, 0.15) is 21.5 Å². The van der Waals surface area contributed by atoms with E-state index in [-0.39, 0.29) is 16.9 Å². The van der Waals surface area contributed by atoms with Gasteiger partial charge in [-0.1, -0.05) is 18.2 Å². The van der Waals surface area contributed by atoms with E-state index in [2.05, 4.69) is 15.6 Å². The van der Waals surface area contributed by atoms with Gasteiger partial charge in [0.15, 0.2) is 0 Å². The maximum absolute atomic E-state index is 12.9. The van der Waals surface area contributed by atoms with Crippen LogP contribution in [0.5, 0.6) is 0 Å². The van der Waals surface area contributed by atoms with Gasteiger partial charge in [-0.15, -0.1) is 0 Å². The number of benzene rings is 2. The molecule has 0 saturated heterocycles. The second-order valence-corrected chi connectivity index (χ2v) is 6.18. The van der Waals surface area contributed by atoms with Crippen LogP contribution in [0.3, 0.4) is 0 Å². The van der Waals surface area contributed by atoms with Crippen LogP contribution in [-0.4, -0.2) is 16.8 Å². The standard InChI is InChI=1S/C22H16F3N3O2/c23-22(24,25)16-4-3-5-17(14-16)27-21(30)18-6-1-2-7-19(18)28-20(29)9-8-15-10-12-26-13-11-15/h1-14H,(H,27,30)(H,28,29)/b9-8-. The molecule has 0 atom stereocenters. The number of nitrogens with one attached hydrogen (secondary N) is 2. The number of halogens is 3. The number of amides is 2. The molecule has 0 radical (unpaired) electrons. The third-order valence-electron chi connectivity index (χ3n) is 4.01. The Morgan fingerprint density at radius 2 is 1.63 bits per heavy atom. The van der Waals surface area contributed by atoms with Gasteiger partial charge in [0.05, 0.1) is 16.8 Å². The highest BCUT2D eigenvalue weighted by molar-refractivity contribution is 6.11. The molecule has 2 aromatic carbocycles. The zero-order chi connectivity index (χ0) is 21.6. The van der Waals surface area contributed by atoms with Crippen LogP contribution < -0.4 is 10.6 Å². The van der Waals surface area contributed by atoms with Crippen molar-refractivity contribution in [2.24, 2.45) is 0 Å². The Balaban J connectivity index is 1.74. The molecule has 0 aliphatic rings. The Kier molecular flexibility index (Phi) is 6.26. The average Bonchev–Trinajstić information content (AvgIpc) is 2.73. The van der Waals surface area contributed by atoms with E-state index in [0.29, 0.717) is 0 Å². The first-order chi connectivity index (χ1) is 14.3. The molecule has 5 nitrogen and oxygen atoms in total. The molecule has 0 aliphatic carbocycles. The van der Waals surface area contributed by atoms with E-state index in [0.717, 1.165) is 17.7 Å². The minimum absolute atomic E-state index is 0.00598. The van der Waals surface area contributed by atoms with E-state index in [9.17, 15) is 22.8 Å². The molecule has 0 saturated carbocycles. The number of aromatic nitrogens is 1. The molecule has 0 unspecified atom stereocenters. The minimum Gasteiger partial charge on any atom is -0.322 e. The summed E-state index contributed by atoms with van der Waals surface area (Å²) in [5.74, 6) is -1.12. The van der Waals surface area contributed by atoms with Crippen LogP contribution in [0.15, 0.2) is 79.1 Å². The van der Waals surface area contributed by atoms with E-state index in [1.807, 2.05) is 0 Å². The molecule has 30 heavy (non-hydrogen) atoms. The summed E-state index contributed by atoms with van der Waals surface area (Å²) in [4.78, 5) is 28.7. The van der Waals surface area contributed by atoms with Gasteiger partial charge in [0.1, 0.15) is 0 Å². The van der Waals surface area contributed by atoms with Gasteiger partial charge in [-0.2, -0.15) is 13.2 Å². The Labute approximate surface area is 170 Å². The Bertz CT molecular complexity index is 1080. The Morgan fingerprint density at radius 3 is 2.37 bits per heavy atom. The lowest BCUT2D eigenvalue weighted by molar-refractivity contribution is -0.137. The van der Waals surface area contributed by atoms with E-state index in [4.69, 9.17) is 0 Å². The van der Waals surface area contributed by atoms with Gasteiger partial charge in [-0.3, -0.25) is 14.6 Å². The quantitative estimate of drug-likeness (QED) is 0.580. The zero-order valence-corrected chi connectivity index (χ0v) is 15.5. The lowest BCUT2D eigenvalue weighted by Crippen LogP contribution is -2.17. The second-order valence-electron chi connectivity index (χ2n) is 6.18. The average molecular weight is 411 g/mol. The van der Waals surface area contributed by atoms with Gasteiger partial charge in [-0.25, -0.2) is 0 Å². The zero-order valence-electron chi connectivity index (χ0n) is 15.5. The molecular weight excluding hydrogens is 395 g/mol. The van der Waals surface area contributed by atoms with Crippen molar-refractivity contribution in [3.05, 3.63) is 95.8 Å². The highest BCUT2D eigenvalue weighted by Crippen LogP contribution is 2.31. The fourth-order valence-corrected chi connectivity index (χ4v) is 2.58. The normalized spacial score (nSPS) is 11.3. The monoisotopic (exact) mass is 411 g/mol. The molecule has 1 heterocycles. The van der Waals surface area contributed by atoms with Crippen LogP contribution in [-0.2, 0) is 11.0 Å². The summed E-state index contributed by atoms with van der Waals surface area (Å²) >= 11 is 0. The molecular formula is C22H16F3N3O2. The van der Waals surface area contributed by atoms with Gasteiger partial charge < -0.3 is 10.6 Å². The van der Waals surface area contributed by atoms with Crippen molar-refractivity contribution in [3.8, 4) is 0 Å². The molecule has 1 aromatic heterocycles. The predicted octanol–water partition coefficient (Wildman–Crippen LogP) is 5.00. The number of nitrogens with zero attached hydrogens (tertiary/aromatic N) is 1. The fourth-order valence-electron chi connectivity index (χ4n) is 2.58. The SMILES string of the molecule is O=C(/C=C\c1ccncc1)Nc1ccccc1C(=O)Nc1cccc(C(F)(F)F)c1. The van der Waals surface area contributed by atoms with Crippen molar-refractivity contribution in [1.29, 1.82) is 0 Å². The highest BCUT2D eigenvalue weighted by Gasteiger charge is 2.30. The fraction of sp³-hybridized carbons (Fsp3) is 0.0455. The number of rotatable bonds is 5. The number of hydrogen-bond donors (Lipinski definition) is 2. The number of para-hydroxylation sites is 1. The first-order valence-corrected chi connectivity index (χ1v) is 8.80. The first kappa shape index (κ1) is 20.8. The summed E-state index contributed by atoms with van der Waals surface area (Å²) < 4.78 is 38.6. The molecule has 3 aromatic rings. The smallest absolute Gasteiger partial charge is 0.322 e. The summed E-state index contributed by atoms with van der Waals surface area (Å²) in [6.07, 6.45) is 1.54. The van der Waals surface area contributed by atoms with Crippen molar-refractivity contribution >= 4 is 29.3 Å². The van der Waals surface area contributed by atoms with E-state index in [1.54, 1.807) is 42.7 Å². The van der Waals surface area contributed by atoms with Crippen LogP contribution in [0, 0.1) is 0 Å². The van der Waals surface area contributed by atoms with Gasteiger partial charge in [0, 0.05) is 24.2 Å². The Hall–Kier alpha value is -3.94. The maximum atomic E-state index is 12.9. The van der Waals surface area contributed by atoms with Crippen LogP contribution in [0.2, 0.25) is 0 Å². The maximum Gasteiger partial charge on any atom is 0.416 e. The van der Waals surface area contributed by atoms with Crippen molar-refractivity contribution in [3.63, 3.8) is 0 Å². The van der Waals surface area contributed by atoms with E-state index < -0.39 is 23.6 Å². The first-order valence-electron chi connectivity index (χ1n) is 8.80. The van der Waals surface area contributed by atoms with E-state index in [1.165, 1.54) is 30.3 Å². The number of carbonyl (C=O) groups excluding carboxylic acids is 2. The number of pyridine rings is 1. The number of anilines is 2. The number of alkyl halides is 3. The van der Waals surface area contributed by atoms with Crippen LogP contribution in [0.4, 0.5) is 24.5 Å². The third kappa shape index (κ3) is 5.54. The topological polar surface area (TPSA) is 71.1 Å². The van der Waals surface area contributed by atoms with Crippen LogP contribution in [0.25, 0.3) is 6.08 Å². The lowest BCUT2D eigenvalue weighted by Gasteiger charge is -2.12. The molecule has 3 rings (SSSR count). The summed E-state index contributed by atoms with van der Waals surface area (Å²) in [5, 5.41) is 5.03. The molecule has 0 fully saturated rings. The molecule has 0 aliphatic heterocycles. The van der Waals surface area contributed by atoms with Gasteiger partial charge in [-0.05, 0) is 54.1 Å². The van der Waals surface area contributed by atoms with Crippen molar-refractivity contribution < 1.29 is 22.8 Å². The van der Waals surface area contributed by atoms with Gasteiger partial charge >= 0.3 is 6.18 Å². The number of carbonyl (C=O) groups is 2. The van der Waals surface area contributed by atoms with Crippen LogP contribution >= 0.6 is 0 Å². The van der Waals surface area contributed by atoms with Gasteiger partial charge in [0.25, 0.3) is 5.91 Å².